The average Bonchev–Trinajstić information content (AvgIpc) is 2.78. The predicted octanol–water partition coefficient (Wildman–Crippen LogP) is 0.835. The summed E-state index contributed by atoms with van der Waals surface area (Å²) in [5.74, 6) is -0.808. The summed E-state index contributed by atoms with van der Waals surface area (Å²) in [6.45, 7) is 0. The smallest absolute Gasteiger partial charge is 0.261 e. The van der Waals surface area contributed by atoms with Crippen molar-refractivity contribution in [2.75, 3.05) is 0 Å². The van der Waals surface area contributed by atoms with Gasteiger partial charge in [-0.05, 0) is 31.0 Å². The Morgan fingerprint density at radius 1 is 1.00 bits per heavy atom. The van der Waals surface area contributed by atoms with E-state index in [0.29, 0.717) is 16.8 Å². The van der Waals surface area contributed by atoms with Crippen molar-refractivity contribution in [2.45, 2.75) is 38.1 Å². The molecule has 8 heteroatoms. The van der Waals surface area contributed by atoms with Crippen molar-refractivity contribution in [3.8, 4) is 0 Å². The zero-order chi connectivity index (χ0) is 17.3. The van der Waals surface area contributed by atoms with Gasteiger partial charge < -0.3 is 17.2 Å². The number of amides is 2. The van der Waals surface area contributed by atoms with Crippen molar-refractivity contribution in [3.05, 3.63) is 29.3 Å². The summed E-state index contributed by atoms with van der Waals surface area (Å²) < 4.78 is 0. The molecule has 126 valence electrons. The van der Waals surface area contributed by atoms with Gasteiger partial charge in [-0.1, -0.05) is 19.3 Å². The largest absolute Gasteiger partial charge is 0.370 e. The Morgan fingerprint density at radius 2 is 1.67 bits per heavy atom. The van der Waals surface area contributed by atoms with Crippen molar-refractivity contribution in [2.24, 2.45) is 27.2 Å². The lowest BCUT2D eigenvalue weighted by atomic mass is 9.94. The van der Waals surface area contributed by atoms with E-state index in [9.17, 15) is 9.59 Å². The molecule has 0 radical (unpaired) electrons. The fourth-order valence-corrected chi connectivity index (χ4v) is 3.28. The monoisotopic (exact) mass is 328 g/mol. The topological polar surface area (TPSA) is 140 Å². The van der Waals surface area contributed by atoms with E-state index in [1.807, 2.05) is 0 Å². The Hall–Kier alpha value is -2.90. The lowest BCUT2D eigenvalue weighted by Crippen LogP contribution is -2.40. The normalized spacial score (nSPS) is 18.7. The van der Waals surface area contributed by atoms with Gasteiger partial charge in [-0.3, -0.25) is 14.5 Å². The standard InChI is InChI=1S/C16H20N6O2/c17-15(18)21-16(19)20-9-6-7-11-12(8-9)14(24)22(13(11)23)10-4-2-1-3-5-10/h6-8,10H,1-5H2,(H6,17,18,19,20,21). The van der Waals surface area contributed by atoms with Crippen LogP contribution in [0.4, 0.5) is 5.69 Å². The molecule has 1 heterocycles. The number of imide groups is 1. The first kappa shape index (κ1) is 16.0. The van der Waals surface area contributed by atoms with E-state index < -0.39 is 0 Å². The fourth-order valence-electron chi connectivity index (χ4n) is 3.28. The van der Waals surface area contributed by atoms with E-state index in [1.54, 1.807) is 18.2 Å². The van der Waals surface area contributed by atoms with Gasteiger partial charge in [-0.15, -0.1) is 0 Å². The van der Waals surface area contributed by atoms with Crippen LogP contribution < -0.4 is 17.2 Å². The lowest BCUT2D eigenvalue weighted by Gasteiger charge is -2.29. The number of hydrogen-bond donors (Lipinski definition) is 3. The molecule has 2 aliphatic rings. The molecule has 0 spiro atoms. The minimum atomic E-state index is -0.264. The maximum absolute atomic E-state index is 12.7. The number of rotatable bonds is 2. The molecule has 0 atom stereocenters. The van der Waals surface area contributed by atoms with Crippen LogP contribution in [0.2, 0.25) is 0 Å². The Labute approximate surface area is 139 Å². The second kappa shape index (κ2) is 6.31. The third kappa shape index (κ3) is 2.94. The van der Waals surface area contributed by atoms with Gasteiger partial charge in [0.1, 0.15) is 0 Å². The van der Waals surface area contributed by atoms with Crippen LogP contribution >= 0.6 is 0 Å². The molecular weight excluding hydrogens is 308 g/mol. The maximum atomic E-state index is 12.7. The minimum Gasteiger partial charge on any atom is -0.370 e. The number of benzene rings is 1. The first-order valence-electron chi connectivity index (χ1n) is 7.93. The van der Waals surface area contributed by atoms with Crippen LogP contribution in [0.1, 0.15) is 52.8 Å². The number of carbonyl (C=O) groups is 2. The molecule has 0 aromatic heterocycles. The van der Waals surface area contributed by atoms with Crippen LogP contribution in [0, 0.1) is 0 Å². The SMILES string of the molecule is NC(N)=NC(N)=Nc1ccc2c(c1)C(=O)N(C1CCCCC1)C2=O. The molecular formula is C16H20N6O2. The number of nitrogens with zero attached hydrogens (tertiary/aromatic N) is 3. The molecule has 8 nitrogen and oxygen atoms in total. The molecule has 1 aliphatic heterocycles. The van der Waals surface area contributed by atoms with Crippen LogP contribution in [-0.2, 0) is 0 Å². The van der Waals surface area contributed by atoms with Gasteiger partial charge in [-0.2, -0.15) is 4.99 Å². The molecule has 0 bridgehead atoms. The molecule has 1 fully saturated rings. The van der Waals surface area contributed by atoms with Crippen LogP contribution in [0.25, 0.3) is 0 Å². The second-order valence-corrected chi connectivity index (χ2v) is 6.01. The zero-order valence-electron chi connectivity index (χ0n) is 13.2. The number of nitrogens with two attached hydrogens (primary N) is 3. The first-order chi connectivity index (χ1) is 11.5. The van der Waals surface area contributed by atoms with Gasteiger partial charge in [0.15, 0.2) is 5.96 Å². The van der Waals surface area contributed by atoms with E-state index in [1.165, 1.54) is 4.90 Å². The van der Waals surface area contributed by atoms with Gasteiger partial charge in [0, 0.05) is 6.04 Å². The summed E-state index contributed by atoms with van der Waals surface area (Å²) in [4.78, 5) is 34.3. The number of hydrogen-bond acceptors (Lipinski definition) is 3. The lowest BCUT2D eigenvalue weighted by molar-refractivity contribution is 0.0549. The second-order valence-electron chi connectivity index (χ2n) is 6.01. The maximum Gasteiger partial charge on any atom is 0.261 e. The quantitative estimate of drug-likeness (QED) is 0.419. The number of guanidine groups is 2. The van der Waals surface area contributed by atoms with E-state index in [2.05, 4.69) is 9.98 Å². The van der Waals surface area contributed by atoms with Crippen LogP contribution in [0.3, 0.4) is 0 Å². The highest BCUT2D eigenvalue weighted by Gasteiger charge is 2.40. The molecule has 3 rings (SSSR count). The fraction of sp³-hybridized carbons (Fsp3) is 0.375. The Balaban J connectivity index is 1.90. The van der Waals surface area contributed by atoms with Crippen LogP contribution in [-0.4, -0.2) is 34.7 Å². The highest BCUT2D eigenvalue weighted by atomic mass is 16.2. The summed E-state index contributed by atoms with van der Waals surface area (Å²) in [5.41, 5.74) is 17.3. The van der Waals surface area contributed by atoms with Crippen molar-refractivity contribution < 1.29 is 9.59 Å². The molecule has 1 aromatic rings. The molecule has 24 heavy (non-hydrogen) atoms. The molecule has 2 amide bonds. The molecule has 0 saturated heterocycles. The summed E-state index contributed by atoms with van der Waals surface area (Å²) >= 11 is 0. The molecule has 1 saturated carbocycles. The summed E-state index contributed by atoms with van der Waals surface area (Å²) in [5, 5.41) is 0. The minimum absolute atomic E-state index is 0.00944. The summed E-state index contributed by atoms with van der Waals surface area (Å²) in [6, 6.07) is 4.75. The Morgan fingerprint density at radius 3 is 2.33 bits per heavy atom. The van der Waals surface area contributed by atoms with Crippen molar-refractivity contribution >= 4 is 29.4 Å². The van der Waals surface area contributed by atoms with Gasteiger partial charge >= 0.3 is 0 Å². The first-order valence-corrected chi connectivity index (χ1v) is 7.93. The summed E-state index contributed by atoms with van der Waals surface area (Å²) in [7, 11) is 0. The molecule has 1 aromatic carbocycles. The van der Waals surface area contributed by atoms with Crippen molar-refractivity contribution in [3.63, 3.8) is 0 Å². The highest BCUT2D eigenvalue weighted by Crippen LogP contribution is 2.32. The van der Waals surface area contributed by atoms with E-state index in [0.717, 1.165) is 32.1 Å². The van der Waals surface area contributed by atoms with Crippen LogP contribution in [0.15, 0.2) is 28.2 Å². The van der Waals surface area contributed by atoms with Gasteiger partial charge in [0.05, 0.1) is 16.8 Å². The molecule has 1 aliphatic carbocycles. The number of fused-ring (bicyclic) bond motifs is 1. The zero-order valence-corrected chi connectivity index (χ0v) is 13.2. The predicted molar refractivity (Wildman–Crippen MR) is 90.9 cm³/mol. The van der Waals surface area contributed by atoms with Crippen molar-refractivity contribution in [1.82, 2.24) is 4.90 Å². The summed E-state index contributed by atoms with van der Waals surface area (Å²) in [6.07, 6.45) is 4.98. The van der Waals surface area contributed by atoms with Gasteiger partial charge in [-0.25, -0.2) is 4.99 Å². The third-order valence-corrected chi connectivity index (χ3v) is 4.33. The highest BCUT2D eigenvalue weighted by molar-refractivity contribution is 6.22. The van der Waals surface area contributed by atoms with E-state index in [4.69, 9.17) is 17.2 Å². The molecule has 0 unspecified atom stereocenters. The van der Waals surface area contributed by atoms with Gasteiger partial charge in [0.2, 0.25) is 5.96 Å². The van der Waals surface area contributed by atoms with E-state index in [-0.39, 0.29) is 29.8 Å². The molecule has 6 N–H and O–H groups in total. The Bertz CT molecular complexity index is 745. The van der Waals surface area contributed by atoms with Crippen LogP contribution in [0.5, 0.6) is 0 Å². The Kier molecular flexibility index (Phi) is 4.20. The average molecular weight is 328 g/mol. The van der Waals surface area contributed by atoms with Crippen molar-refractivity contribution in [1.29, 1.82) is 0 Å². The van der Waals surface area contributed by atoms with E-state index >= 15 is 0 Å². The number of carbonyl (C=O) groups excluding carboxylic acids is 2. The third-order valence-electron chi connectivity index (χ3n) is 4.33. The number of aliphatic imine (C=N–C) groups is 2. The van der Waals surface area contributed by atoms with Gasteiger partial charge in [0.25, 0.3) is 11.8 Å².